The summed E-state index contributed by atoms with van der Waals surface area (Å²) in [7, 11) is 0. The zero-order valence-corrected chi connectivity index (χ0v) is 13.8. The van der Waals surface area contributed by atoms with Gasteiger partial charge in [0.2, 0.25) is 0 Å². The lowest BCUT2D eigenvalue weighted by Gasteiger charge is -2.18. The highest BCUT2D eigenvalue weighted by Gasteiger charge is 2.08. The van der Waals surface area contributed by atoms with Crippen molar-refractivity contribution in [2.24, 2.45) is 0 Å². The van der Waals surface area contributed by atoms with Crippen LogP contribution in [0.4, 0.5) is 5.69 Å². The SMILES string of the molecule is Cc1ccc(NC(C)c2ccc3ccccc3c2)c(Br)c1. The van der Waals surface area contributed by atoms with Crippen molar-refractivity contribution < 1.29 is 0 Å². The number of hydrogen-bond donors (Lipinski definition) is 1. The molecule has 0 aromatic heterocycles. The van der Waals surface area contributed by atoms with Gasteiger partial charge in [0.25, 0.3) is 0 Å². The molecule has 1 nitrogen and oxygen atoms in total. The largest absolute Gasteiger partial charge is 0.378 e. The number of anilines is 1. The van der Waals surface area contributed by atoms with E-state index in [1.807, 2.05) is 0 Å². The highest BCUT2D eigenvalue weighted by molar-refractivity contribution is 9.10. The maximum atomic E-state index is 3.63. The third kappa shape index (κ3) is 3.11. The summed E-state index contributed by atoms with van der Waals surface area (Å²) in [5.74, 6) is 0. The molecule has 0 bridgehead atoms. The van der Waals surface area contributed by atoms with Crippen molar-refractivity contribution in [1.82, 2.24) is 0 Å². The van der Waals surface area contributed by atoms with E-state index in [1.165, 1.54) is 21.9 Å². The summed E-state index contributed by atoms with van der Waals surface area (Å²) in [5.41, 5.74) is 3.67. The zero-order chi connectivity index (χ0) is 14.8. The number of nitrogens with one attached hydrogen (secondary N) is 1. The first-order valence-electron chi connectivity index (χ1n) is 7.15. The van der Waals surface area contributed by atoms with Crippen LogP contribution in [0, 0.1) is 6.92 Å². The minimum absolute atomic E-state index is 0.258. The number of benzene rings is 3. The van der Waals surface area contributed by atoms with Crippen molar-refractivity contribution in [1.29, 1.82) is 0 Å². The van der Waals surface area contributed by atoms with Gasteiger partial charge < -0.3 is 5.32 Å². The summed E-state index contributed by atoms with van der Waals surface area (Å²) < 4.78 is 1.11. The Hall–Kier alpha value is -1.80. The smallest absolute Gasteiger partial charge is 0.0489 e. The standard InChI is InChI=1S/C19H18BrN/c1-13-7-10-19(18(20)11-13)21-14(2)16-9-8-15-5-3-4-6-17(15)12-16/h3-12,14,21H,1-2H3. The molecule has 106 valence electrons. The third-order valence-electron chi connectivity index (χ3n) is 3.77. The van der Waals surface area contributed by atoms with E-state index in [-0.39, 0.29) is 6.04 Å². The fourth-order valence-corrected chi connectivity index (χ4v) is 3.14. The van der Waals surface area contributed by atoms with Crippen molar-refractivity contribution >= 4 is 32.4 Å². The fourth-order valence-electron chi connectivity index (χ4n) is 2.53. The molecule has 0 aliphatic heterocycles. The van der Waals surface area contributed by atoms with Crippen LogP contribution >= 0.6 is 15.9 Å². The number of halogens is 1. The lowest BCUT2D eigenvalue weighted by Crippen LogP contribution is -2.07. The summed E-state index contributed by atoms with van der Waals surface area (Å²) in [6.45, 7) is 4.29. The second kappa shape index (κ2) is 5.90. The first-order valence-corrected chi connectivity index (χ1v) is 7.94. The molecule has 1 atom stereocenters. The molecule has 3 rings (SSSR count). The minimum atomic E-state index is 0.258. The summed E-state index contributed by atoms with van der Waals surface area (Å²) in [6.07, 6.45) is 0. The molecule has 0 aliphatic carbocycles. The summed E-state index contributed by atoms with van der Waals surface area (Å²) in [4.78, 5) is 0. The van der Waals surface area contributed by atoms with Crippen LogP contribution in [0.5, 0.6) is 0 Å². The van der Waals surface area contributed by atoms with Gasteiger partial charge in [-0.25, -0.2) is 0 Å². The molecule has 0 aliphatic rings. The molecule has 0 saturated carbocycles. The maximum Gasteiger partial charge on any atom is 0.0489 e. The Bertz CT molecular complexity index is 779. The molecule has 0 radical (unpaired) electrons. The van der Waals surface area contributed by atoms with Crippen LogP contribution in [0.2, 0.25) is 0 Å². The lowest BCUT2D eigenvalue weighted by molar-refractivity contribution is 0.885. The van der Waals surface area contributed by atoms with Gasteiger partial charge in [0.05, 0.1) is 0 Å². The Morgan fingerprint density at radius 3 is 2.43 bits per heavy atom. The first-order chi connectivity index (χ1) is 10.1. The van der Waals surface area contributed by atoms with Crippen LogP contribution in [-0.2, 0) is 0 Å². The van der Waals surface area contributed by atoms with Gasteiger partial charge >= 0.3 is 0 Å². The van der Waals surface area contributed by atoms with E-state index in [0.717, 1.165) is 10.2 Å². The molecule has 0 fully saturated rings. The molecule has 3 aromatic rings. The van der Waals surface area contributed by atoms with Gasteiger partial charge in [-0.15, -0.1) is 0 Å². The molecule has 2 heteroatoms. The van der Waals surface area contributed by atoms with E-state index < -0.39 is 0 Å². The molecule has 0 amide bonds. The molecule has 0 spiro atoms. The van der Waals surface area contributed by atoms with Crippen molar-refractivity contribution in [3.05, 3.63) is 76.3 Å². The van der Waals surface area contributed by atoms with Gasteiger partial charge in [0.15, 0.2) is 0 Å². The van der Waals surface area contributed by atoms with Gasteiger partial charge in [-0.1, -0.05) is 42.5 Å². The zero-order valence-electron chi connectivity index (χ0n) is 12.2. The predicted octanol–water partition coefficient (Wildman–Crippen LogP) is 6.08. The van der Waals surface area contributed by atoms with Crippen LogP contribution in [0.15, 0.2) is 65.1 Å². The van der Waals surface area contributed by atoms with Gasteiger partial charge in [-0.05, 0) is 69.9 Å². The van der Waals surface area contributed by atoms with Crippen LogP contribution in [0.1, 0.15) is 24.1 Å². The number of fused-ring (bicyclic) bond motifs is 1. The van der Waals surface area contributed by atoms with Gasteiger partial charge in [-0.3, -0.25) is 0 Å². The average molecular weight is 340 g/mol. The third-order valence-corrected chi connectivity index (χ3v) is 4.43. The monoisotopic (exact) mass is 339 g/mol. The average Bonchev–Trinajstić information content (AvgIpc) is 2.49. The van der Waals surface area contributed by atoms with Gasteiger partial charge in [0.1, 0.15) is 0 Å². The van der Waals surface area contributed by atoms with Crippen molar-refractivity contribution in [3.63, 3.8) is 0 Å². The summed E-state index contributed by atoms with van der Waals surface area (Å²) in [6, 6.07) is 21.7. The van der Waals surface area contributed by atoms with Crippen LogP contribution in [0.3, 0.4) is 0 Å². The van der Waals surface area contributed by atoms with Crippen molar-refractivity contribution in [3.8, 4) is 0 Å². The first kappa shape index (κ1) is 14.2. The Labute approximate surface area is 134 Å². The summed E-state index contributed by atoms with van der Waals surface area (Å²) in [5, 5.41) is 6.14. The highest BCUT2D eigenvalue weighted by Crippen LogP contribution is 2.28. The normalized spacial score (nSPS) is 12.3. The van der Waals surface area contributed by atoms with Crippen LogP contribution in [0.25, 0.3) is 10.8 Å². The van der Waals surface area contributed by atoms with E-state index in [0.29, 0.717) is 0 Å². The van der Waals surface area contributed by atoms with E-state index in [1.54, 1.807) is 0 Å². The summed E-state index contributed by atoms with van der Waals surface area (Å²) >= 11 is 3.63. The molecule has 21 heavy (non-hydrogen) atoms. The van der Waals surface area contributed by atoms with E-state index in [9.17, 15) is 0 Å². The second-order valence-electron chi connectivity index (χ2n) is 5.46. The fraction of sp³-hybridized carbons (Fsp3) is 0.158. The lowest BCUT2D eigenvalue weighted by atomic mass is 10.0. The van der Waals surface area contributed by atoms with Gasteiger partial charge in [0, 0.05) is 16.2 Å². The number of aryl methyl sites for hydroxylation is 1. The topological polar surface area (TPSA) is 12.0 Å². The Morgan fingerprint density at radius 2 is 1.67 bits per heavy atom. The molecule has 3 aromatic carbocycles. The van der Waals surface area contributed by atoms with Crippen LogP contribution in [-0.4, -0.2) is 0 Å². The molecule has 1 N–H and O–H groups in total. The Kier molecular flexibility index (Phi) is 3.98. The Balaban J connectivity index is 1.87. The van der Waals surface area contributed by atoms with Crippen molar-refractivity contribution in [2.45, 2.75) is 19.9 Å². The quantitative estimate of drug-likeness (QED) is 0.609. The maximum absolute atomic E-state index is 3.63. The van der Waals surface area contributed by atoms with E-state index in [2.05, 4.69) is 95.8 Å². The minimum Gasteiger partial charge on any atom is -0.378 e. The molecular weight excluding hydrogens is 322 g/mol. The molecule has 0 heterocycles. The number of rotatable bonds is 3. The Morgan fingerprint density at radius 1 is 0.905 bits per heavy atom. The van der Waals surface area contributed by atoms with E-state index in [4.69, 9.17) is 0 Å². The van der Waals surface area contributed by atoms with E-state index >= 15 is 0 Å². The van der Waals surface area contributed by atoms with Crippen LogP contribution < -0.4 is 5.32 Å². The van der Waals surface area contributed by atoms with Gasteiger partial charge in [-0.2, -0.15) is 0 Å². The molecule has 0 saturated heterocycles. The second-order valence-corrected chi connectivity index (χ2v) is 6.31. The highest BCUT2D eigenvalue weighted by atomic mass is 79.9. The predicted molar refractivity (Wildman–Crippen MR) is 94.9 cm³/mol. The van der Waals surface area contributed by atoms with Crippen molar-refractivity contribution in [2.75, 3.05) is 5.32 Å². The molecule has 1 unspecified atom stereocenters. The number of hydrogen-bond acceptors (Lipinski definition) is 1. The molecular formula is C19H18BrN.